The van der Waals surface area contributed by atoms with Crippen molar-refractivity contribution in [3.8, 4) is 0 Å². The summed E-state index contributed by atoms with van der Waals surface area (Å²) >= 11 is 0. The molecule has 186 valence electrons. The summed E-state index contributed by atoms with van der Waals surface area (Å²) in [6, 6.07) is 14.6. The second kappa shape index (κ2) is 7.66. The maximum Gasteiger partial charge on any atom is 0.418 e. The van der Waals surface area contributed by atoms with Crippen molar-refractivity contribution >= 4 is 29.1 Å². The predicted octanol–water partition coefficient (Wildman–Crippen LogP) is 4.54. The molecule has 6 rings (SSSR count). The normalized spacial score (nSPS) is 24.2. The molecule has 3 aliphatic rings. The number of halogens is 4. The molecule has 0 saturated carbocycles. The molecule has 37 heavy (non-hydrogen) atoms. The summed E-state index contributed by atoms with van der Waals surface area (Å²) in [4.78, 5) is 55.2. The second-order valence-electron chi connectivity index (χ2n) is 9.06. The fourth-order valence-electron chi connectivity index (χ4n) is 5.62. The number of amides is 2. The largest absolute Gasteiger partial charge is 0.418 e. The minimum absolute atomic E-state index is 0.0135. The Hall–Kier alpha value is -4.18. The number of ketones is 2. The van der Waals surface area contributed by atoms with Crippen molar-refractivity contribution in [1.82, 2.24) is 0 Å². The molecule has 2 fully saturated rings. The first kappa shape index (κ1) is 23.2. The molecule has 2 aliphatic heterocycles. The van der Waals surface area contributed by atoms with Crippen molar-refractivity contribution < 1.29 is 41.5 Å². The van der Waals surface area contributed by atoms with Crippen molar-refractivity contribution in [3.05, 3.63) is 101 Å². The Morgan fingerprint density at radius 3 is 1.92 bits per heavy atom. The van der Waals surface area contributed by atoms with Crippen LogP contribution in [-0.4, -0.2) is 29.0 Å². The number of alkyl halides is 3. The SMILES string of the molecule is O=C1[C@H]2[C@@H](C(=O)N1c1ccccc1C(F)(F)F)C1(O[C@H]2c2ccc(F)cc2)C(=O)c2ccccc2C1=O. The molecule has 6 nitrogen and oxygen atoms in total. The second-order valence-corrected chi connectivity index (χ2v) is 9.06. The third kappa shape index (κ3) is 3.02. The van der Waals surface area contributed by atoms with Crippen molar-refractivity contribution in [2.75, 3.05) is 4.90 Å². The molecule has 1 aliphatic carbocycles. The van der Waals surface area contributed by atoms with Gasteiger partial charge in [0.2, 0.25) is 29.0 Å². The van der Waals surface area contributed by atoms with E-state index < -0.39 is 70.2 Å². The van der Waals surface area contributed by atoms with Crippen LogP contribution in [0.25, 0.3) is 0 Å². The summed E-state index contributed by atoms with van der Waals surface area (Å²) in [6.07, 6.45) is -6.26. The number of carbonyl (C=O) groups excluding carboxylic acids is 4. The molecule has 3 atom stereocenters. The number of hydrogen-bond acceptors (Lipinski definition) is 5. The smallest absolute Gasteiger partial charge is 0.349 e. The van der Waals surface area contributed by atoms with Crippen molar-refractivity contribution in [2.24, 2.45) is 11.8 Å². The minimum atomic E-state index is -4.89. The monoisotopic (exact) mass is 509 g/mol. The molecule has 2 amide bonds. The van der Waals surface area contributed by atoms with Gasteiger partial charge < -0.3 is 4.74 Å². The van der Waals surface area contributed by atoms with Crippen LogP contribution in [0.3, 0.4) is 0 Å². The molecule has 0 aromatic heterocycles. The maximum atomic E-state index is 13.8. The summed E-state index contributed by atoms with van der Waals surface area (Å²) < 4.78 is 61.1. The van der Waals surface area contributed by atoms with Gasteiger partial charge >= 0.3 is 6.18 Å². The van der Waals surface area contributed by atoms with Gasteiger partial charge in [-0.2, -0.15) is 13.2 Å². The fraction of sp³-hybridized carbons (Fsp3) is 0.185. The molecule has 3 aromatic rings. The van der Waals surface area contributed by atoms with E-state index in [2.05, 4.69) is 0 Å². The lowest BCUT2D eigenvalue weighted by Crippen LogP contribution is -2.51. The van der Waals surface area contributed by atoms with Gasteiger partial charge in [0.25, 0.3) is 0 Å². The van der Waals surface area contributed by atoms with Gasteiger partial charge in [-0.05, 0) is 29.8 Å². The highest BCUT2D eigenvalue weighted by Gasteiger charge is 2.75. The molecule has 2 saturated heterocycles. The van der Waals surface area contributed by atoms with E-state index in [4.69, 9.17) is 4.74 Å². The van der Waals surface area contributed by atoms with Crippen LogP contribution in [0.5, 0.6) is 0 Å². The highest BCUT2D eigenvalue weighted by Crippen LogP contribution is 2.58. The average molecular weight is 509 g/mol. The molecule has 0 unspecified atom stereocenters. The van der Waals surface area contributed by atoms with Crippen LogP contribution in [0.1, 0.15) is 37.9 Å². The Morgan fingerprint density at radius 1 is 0.757 bits per heavy atom. The Kier molecular flexibility index (Phi) is 4.81. The Morgan fingerprint density at radius 2 is 1.32 bits per heavy atom. The van der Waals surface area contributed by atoms with Crippen molar-refractivity contribution in [1.29, 1.82) is 0 Å². The summed E-state index contributed by atoms with van der Waals surface area (Å²) in [7, 11) is 0. The summed E-state index contributed by atoms with van der Waals surface area (Å²) in [5.74, 6) is -7.71. The molecule has 1 spiro atoms. The third-order valence-electron chi connectivity index (χ3n) is 7.17. The van der Waals surface area contributed by atoms with Crippen LogP contribution < -0.4 is 4.90 Å². The lowest BCUT2D eigenvalue weighted by atomic mass is 9.77. The number of ether oxygens (including phenoxy) is 1. The lowest BCUT2D eigenvalue weighted by molar-refractivity contribution is -0.137. The molecule has 10 heteroatoms. The van der Waals surface area contributed by atoms with Crippen LogP contribution in [-0.2, 0) is 20.5 Å². The van der Waals surface area contributed by atoms with Gasteiger partial charge in [0.15, 0.2) is 0 Å². The number of rotatable bonds is 2. The molecule has 0 bridgehead atoms. The zero-order valence-electron chi connectivity index (χ0n) is 18.7. The van der Waals surface area contributed by atoms with Crippen molar-refractivity contribution in [2.45, 2.75) is 17.9 Å². The Bertz CT molecular complexity index is 1480. The number of Topliss-reactive ketones (excluding diaryl/α,β-unsaturated/α-hetero) is 2. The van der Waals surface area contributed by atoms with Gasteiger partial charge in [0, 0.05) is 11.1 Å². The van der Waals surface area contributed by atoms with E-state index in [1.54, 1.807) is 0 Å². The van der Waals surface area contributed by atoms with Gasteiger partial charge in [-0.25, -0.2) is 9.29 Å². The van der Waals surface area contributed by atoms with Crippen molar-refractivity contribution in [3.63, 3.8) is 0 Å². The zero-order chi connectivity index (χ0) is 26.3. The van der Waals surface area contributed by atoms with Crippen LogP contribution in [0.15, 0.2) is 72.8 Å². The van der Waals surface area contributed by atoms with Gasteiger partial charge in [-0.3, -0.25) is 19.2 Å². The molecule has 0 radical (unpaired) electrons. The van der Waals surface area contributed by atoms with E-state index >= 15 is 0 Å². The number of anilines is 1. The van der Waals surface area contributed by atoms with Crippen LogP contribution in [0.4, 0.5) is 23.2 Å². The number of nitrogens with zero attached hydrogens (tertiary/aromatic N) is 1. The van der Waals surface area contributed by atoms with E-state index in [-0.39, 0.29) is 16.7 Å². The molecular weight excluding hydrogens is 494 g/mol. The number of benzene rings is 3. The first-order valence-electron chi connectivity index (χ1n) is 11.2. The van der Waals surface area contributed by atoms with Gasteiger partial charge in [-0.15, -0.1) is 0 Å². The third-order valence-corrected chi connectivity index (χ3v) is 7.17. The summed E-state index contributed by atoms with van der Waals surface area (Å²) in [5.41, 5.74) is -4.21. The van der Waals surface area contributed by atoms with Crippen LogP contribution in [0, 0.1) is 17.7 Å². The zero-order valence-corrected chi connectivity index (χ0v) is 18.7. The molecule has 2 heterocycles. The molecule has 3 aromatic carbocycles. The van der Waals surface area contributed by atoms with Crippen LogP contribution >= 0.6 is 0 Å². The summed E-state index contributed by atoms with van der Waals surface area (Å²) in [5, 5.41) is 0. The van der Waals surface area contributed by atoms with E-state index in [9.17, 15) is 36.7 Å². The quantitative estimate of drug-likeness (QED) is 0.288. The number of imide groups is 1. The maximum absolute atomic E-state index is 13.8. The van der Waals surface area contributed by atoms with E-state index in [0.717, 1.165) is 30.3 Å². The number of fused-ring (bicyclic) bond motifs is 3. The van der Waals surface area contributed by atoms with E-state index in [1.165, 1.54) is 42.5 Å². The Labute approximate surface area is 206 Å². The summed E-state index contributed by atoms with van der Waals surface area (Å²) in [6.45, 7) is 0. The first-order valence-corrected chi connectivity index (χ1v) is 11.2. The minimum Gasteiger partial charge on any atom is -0.349 e. The number of para-hydroxylation sites is 1. The van der Waals surface area contributed by atoms with Gasteiger partial charge in [-0.1, -0.05) is 48.5 Å². The molecule has 0 N–H and O–H groups in total. The van der Waals surface area contributed by atoms with E-state index in [0.29, 0.717) is 4.90 Å². The fourth-order valence-corrected chi connectivity index (χ4v) is 5.62. The van der Waals surface area contributed by atoms with Gasteiger partial charge in [0.1, 0.15) is 5.82 Å². The standard InChI is InChI=1S/C27H15F4NO5/c28-14-11-9-13(10-12-14)21-19-20(26(37-21)22(33)15-5-1-2-6-16(15)23(26)34)25(36)32(24(19)35)18-8-4-3-7-17(18)27(29,30)31/h1-12,19-21H/t19-,20-,21-/m0/s1. The van der Waals surface area contributed by atoms with E-state index in [1.807, 2.05) is 0 Å². The average Bonchev–Trinajstić information content (AvgIpc) is 3.44. The van der Waals surface area contributed by atoms with Gasteiger partial charge in [0.05, 0.1) is 29.2 Å². The number of hydrogen-bond donors (Lipinski definition) is 0. The lowest BCUT2D eigenvalue weighted by Gasteiger charge is -2.28. The highest BCUT2D eigenvalue weighted by atomic mass is 19.4. The topological polar surface area (TPSA) is 80.8 Å². The highest BCUT2D eigenvalue weighted by molar-refractivity contribution is 6.37. The Balaban J connectivity index is 1.56. The van der Waals surface area contributed by atoms with Crippen LogP contribution in [0.2, 0.25) is 0 Å². The number of carbonyl (C=O) groups is 4. The predicted molar refractivity (Wildman–Crippen MR) is 119 cm³/mol. The molecular formula is C27H15F4NO5. The first-order chi connectivity index (χ1) is 17.6.